The zero-order valence-electron chi connectivity index (χ0n) is 11.6. The number of hydrogen-bond acceptors (Lipinski definition) is 4. The topological polar surface area (TPSA) is 101 Å². The maximum absolute atomic E-state index is 13.5. The van der Waals surface area contributed by atoms with E-state index in [9.17, 15) is 22.4 Å². The fraction of sp³-hybridized carbons (Fsp3) is 0.385. The molecule has 116 valence electrons. The summed E-state index contributed by atoms with van der Waals surface area (Å²) in [6.45, 7) is 1.66. The third-order valence-electron chi connectivity index (χ3n) is 2.75. The Labute approximate surface area is 121 Å². The molecule has 0 aromatic heterocycles. The second kappa shape index (κ2) is 6.66. The Kier molecular flexibility index (Phi) is 5.42. The lowest BCUT2D eigenvalue weighted by Gasteiger charge is -2.14. The van der Waals surface area contributed by atoms with Gasteiger partial charge in [0.15, 0.2) is 0 Å². The number of carboxylic acid groups (broad SMARTS) is 1. The Hall–Kier alpha value is -1.96. The summed E-state index contributed by atoms with van der Waals surface area (Å²) in [5.41, 5.74) is 0.366. The van der Waals surface area contributed by atoms with Gasteiger partial charge in [-0.1, -0.05) is 11.6 Å². The predicted molar refractivity (Wildman–Crippen MR) is 74.4 cm³/mol. The van der Waals surface area contributed by atoms with Crippen LogP contribution >= 0.6 is 0 Å². The fourth-order valence-corrected chi connectivity index (χ4v) is 2.30. The Morgan fingerprint density at radius 1 is 1.38 bits per heavy atom. The molecule has 1 atom stereocenters. The molecule has 0 saturated heterocycles. The van der Waals surface area contributed by atoms with Crippen molar-refractivity contribution < 1.29 is 27.5 Å². The van der Waals surface area contributed by atoms with E-state index in [1.54, 1.807) is 6.92 Å². The van der Waals surface area contributed by atoms with Crippen LogP contribution in [0.15, 0.2) is 18.2 Å². The first kappa shape index (κ1) is 17.1. The van der Waals surface area contributed by atoms with Gasteiger partial charge >= 0.3 is 5.97 Å². The standard InChI is InChI=1S/C13H16FNO5S/c1-8-3-4-10(14)9(7-8)12(16)15-11(13(17)18)5-6-21(2,19)20/h3-4,7,11H,5-6H2,1-2H3,(H,15,16)(H,17,18). The van der Waals surface area contributed by atoms with E-state index in [2.05, 4.69) is 5.32 Å². The molecule has 0 heterocycles. The van der Waals surface area contributed by atoms with Crippen LogP contribution in [0, 0.1) is 12.7 Å². The highest BCUT2D eigenvalue weighted by atomic mass is 32.2. The minimum Gasteiger partial charge on any atom is -0.480 e. The Morgan fingerprint density at radius 3 is 2.52 bits per heavy atom. The number of aryl methyl sites for hydroxylation is 1. The maximum Gasteiger partial charge on any atom is 0.326 e. The molecule has 1 aromatic carbocycles. The zero-order valence-corrected chi connectivity index (χ0v) is 12.4. The summed E-state index contributed by atoms with van der Waals surface area (Å²) in [4.78, 5) is 22.9. The molecule has 0 spiro atoms. The molecule has 1 unspecified atom stereocenters. The highest BCUT2D eigenvalue weighted by Crippen LogP contribution is 2.10. The number of amides is 1. The van der Waals surface area contributed by atoms with Gasteiger partial charge in [0.2, 0.25) is 0 Å². The number of carboxylic acids is 1. The van der Waals surface area contributed by atoms with Gasteiger partial charge in [-0.3, -0.25) is 4.79 Å². The lowest BCUT2D eigenvalue weighted by atomic mass is 10.1. The molecule has 1 rings (SSSR count). The summed E-state index contributed by atoms with van der Waals surface area (Å²) < 4.78 is 35.6. The third kappa shape index (κ3) is 5.50. The van der Waals surface area contributed by atoms with Crippen LogP contribution in [-0.2, 0) is 14.6 Å². The van der Waals surface area contributed by atoms with Crippen LogP contribution in [-0.4, -0.2) is 43.5 Å². The molecule has 0 aliphatic rings. The summed E-state index contributed by atoms with van der Waals surface area (Å²) in [5.74, 6) is -3.43. The lowest BCUT2D eigenvalue weighted by Crippen LogP contribution is -2.42. The molecule has 2 N–H and O–H groups in total. The molecule has 0 bridgehead atoms. The monoisotopic (exact) mass is 317 g/mol. The first-order chi connectivity index (χ1) is 9.60. The van der Waals surface area contributed by atoms with E-state index in [1.165, 1.54) is 12.1 Å². The number of benzene rings is 1. The number of rotatable bonds is 6. The molecule has 6 nitrogen and oxygen atoms in total. The van der Waals surface area contributed by atoms with E-state index < -0.39 is 33.6 Å². The van der Waals surface area contributed by atoms with Gasteiger partial charge in [0.25, 0.3) is 5.91 Å². The SMILES string of the molecule is Cc1ccc(F)c(C(=O)NC(CCS(C)(=O)=O)C(=O)O)c1. The second-order valence-electron chi connectivity index (χ2n) is 4.77. The van der Waals surface area contributed by atoms with Crippen molar-refractivity contribution in [3.8, 4) is 0 Å². The maximum atomic E-state index is 13.5. The van der Waals surface area contributed by atoms with Gasteiger partial charge in [0.05, 0.1) is 11.3 Å². The second-order valence-corrected chi connectivity index (χ2v) is 7.03. The van der Waals surface area contributed by atoms with Crippen LogP contribution < -0.4 is 5.32 Å². The first-order valence-corrected chi connectivity index (χ1v) is 8.14. The first-order valence-electron chi connectivity index (χ1n) is 6.07. The van der Waals surface area contributed by atoms with Crippen LogP contribution in [0.5, 0.6) is 0 Å². The van der Waals surface area contributed by atoms with Crippen molar-refractivity contribution in [1.29, 1.82) is 0 Å². The fourth-order valence-electron chi connectivity index (χ4n) is 1.64. The van der Waals surface area contributed by atoms with Crippen LogP contribution in [0.1, 0.15) is 22.3 Å². The molecule has 0 saturated carbocycles. The molecule has 1 aromatic rings. The van der Waals surface area contributed by atoms with Gasteiger partial charge in [-0.05, 0) is 25.5 Å². The Balaban J connectivity index is 2.86. The van der Waals surface area contributed by atoms with Gasteiger partial charge in [-0.25, -0.2) is 17.6 Å². The normalized spacial score (nSPS) is 12.7. The number of carbonyl (C=O) groups excluding carboxylic acids is 1. The van der Waals surface area contributed by atoms with Crippen molar-refractivity contribution in [2.45, 2.75) is 19.4 Å². The number of hydrogen-bond donors (Lipinski definition) is 2. The van der Waals surface area contributed by atoms with Crippen LogP contribution in [0.3, 0.4) is 0 Å². The minimum absolute atomic E-state index is 0.277. The summed E-state index contributed by atoms with van der Waals surface area (Å²) in [7, 11) is -3.36. The molecule has 21 heavy (non-hydrogen) atoms. The van der Waals surface area contributed by atoms with E-state index in [1.807, 2.05) is 0 Å². The van der Waals surface area contributed by atoms with Gasteiger partial charge in [0.1, 0.15) is 21.7 Å². The van der Waals surface area contributed by atoms with Gasteiger partial charge in [0, 0.05) is 6.26 Å². The van der Waals surface area contributed by atoms with E-state index >= 15 is 0 Å². The summed E-state index contributed by atoms with van der Waals surface area (Å²) in [6, 6.07) is 2.48. The van der Waals surface area contributed by atoms with Gasteiger partial charge in [-0.15, -0.1) is 0 Å². The molecular formula is C13H16FNO5S. The minimum atomic E-state index is -3.36. The van der Waals surface area contributed by atoms with Crippen molar-refractivity contribution in [2.24, 2.45) is 0 Å². The Morgan fingerprint density at radius 2 is 2.00 bits per heavy atom. The zero-order chi connectivity index (χ0) is 16.2. The number of sulfone groups is 1. The molecular weight excluding hydrogens is 301 g/mol. The largest absolute Gasteiger partial charge is 0.480 e. The quantitative estimate of drug-likeness (QED) is 0.806. The molecule has 1 amide bonds. The highest BCUT2D eigenvalue weighted by molar-refractivity contribution is 7.90. The van der Waals surface area contributed by atoms with E-state index in [4.69, 9.17) is 5.11 Å². The average Bonchev–Trinajstić information content (AvgIpc) is 2.35. The van der Waals surface area contributed by atoms with Crippen molar-refractivity contribution in [2.75, 3.05) is 12.0 Å². The van der Waals surface area contributed by atoms with Crippen LogP contribution in [0.4, 0.5) is 4.39 Å². The van der Waals surface area contributed by atoms with Gasteiger partial charge < -0.3 is 10.4 Å². The summed E-state index contributed by atoms with van der Waals surface area (Å²) in [6.07, 6.45) is 0.682. The van der Waals surface area contributed by atoms with E-state index in [0.717, 1.165) is 12.3 Å². The van der Waals surface area contributed by atoms with Crippen molar-refractivity contribution in [3.63, 3.8) is 0 Å². The van der Waals surface area contributed by atoms with Crippen molar-refractivity contribution in [1.82, 2.24) is 5.32 Å². The van der Waals surface area contributed by atoms with Crippen molar-refractivity contribution >= 4 is 21.7 Å². The molecule has 0 fully saturated rings. The number of nitrogens with one attached hydrogen (secondary N) is 1. The van der Waals surface area contributed by atoms with Gasteiger partial charge in [-0.2, -0.15) is 0 Å². The molecule has 8 heteroatoms. The number of carbonyl (C=O) groups is 2. The van der Waals surface area contributed by atoms with Crippen LogP contribution in [0.2, 0.25) is 0 Å². The summed E-state index contributed by atoms with van der Waals surface area (Å²) >= 11 is 0. The molecule has 0 radical (unpaired) electrons. The van der Waals surface area contributed by atoms with E-state index in [-0.39, 0.29) is 17.7 Å². The van der Waals surface area contributed by atoms with Crippen molar-refractivity contribution in [3.05, 3.63) is 35.1 Å². The summed E-state index contributed by atoms with van der Waals surface area (Å²) in [5, 5.41) is 11.1. The number of aliphatic carboxylic acids is 1. The molecule has 0 aliphatic heterocycles. The average molecular weight is 317 g/mol. The predicted octanol–water partition coefficient (Wildman–Crippen LogP) is 0.752. The Bertz CT molecular complexity index is 657. The van der Waals surface area contributed by atoms with Crippen LogP contribution in [0.25, 0.3) is 0 Å². The van der Waals surface area contributed by atoms with E-state index in [0.29, 0.717) is 5.56 Å². The lowest BCUT2D eigenvalue weighted by molar-refractivity contribution is -0.139. The smallest absolute Gasteiger partial charge is 0.326 e. The molecule has 0 aliphatic carbocycles. The number of halogens is 1. The third-order valence-corrected chi connectivity index (χ3v) is 3.72. The highest BCUT2D eigenvalue weighted by Gasteiger charge is 2.23.